The number of hydrogen-bond donors (Lipinski definition) is 3. The molecule has 19 heavy (non-hydrogen) atoms. The Kier molecular flexibility index (Phi) is 3.57. The van der Waals surface area contributed by atoms with Gasteiger partial charge in [-0.15, -0.1) is 0 Å². The van der Waals surface area contributed by atoms with Crippen molar-refractivity contribution in [2.24, 2.45) is 16.9 Å². The third kappa shape index (κ3) is 2.76. The summed E-state index contributed by atoms with van der Waals surface area (Å²) >= 11 is 0. The Morgan fingerprint density at radius 3 is 2.63 bits per heavy atom. The minimum atomic E-state index is -0.512. The SMILES string of the molecule is CC1(C(N)=O)Cc2ccc(NC(=O)CCN)cc2C1. The summed E-state index contributed by atoms with van der Waals surface area (Å²) < 4.78 is 0. The van der Waals surface area contributed by atoms with Gasteiger partial charge in [0.1, 0.15) is 0 Å². The molecule has 0 aliphatic heterocycles. The summed E-state index contributed by atoms with van der Waals surface area (Å²) in [4.78, 5) is 23.0. The predicted octanol–water partition coefficient (Wildman–Crippen LogP) is 0.564. The van der Waals surface area contributed by atoms with Crippen LogP contribution in [-0.4, -0.2) is 18.4 Å². The minimum Gasteiger partial charge on any atom is -0.369 e. The minimum absolute atomic E-state index is 0.0990. The van der Waals surface area contributed by atoms with Gasteiger partial charge in [-0.25, -0.2) is 0 Å². The van der Waals surface area contributed by atoms with Crippen molar-refractivity contribution in [3.05, 3.63) is 29.3 Å². The molecule has 1 unspecified atom stereocenters. The van der Waals surface area contributed by atoms with Crippen molar-refractivity contribution < 1.29 is 9.59 Å². The molecule has 1 aliphatic carbocycles. The second-order valence-electron chi connectivity index (χ2n) is 5.35. The molecule has 5 heteroatoms. The monoisotopic (exact) mass is 261 g/mol. The van der Waals surface area contributed by atoms with Crippen LogP contribution >= 0.6 is 0 Å². The Hall–Kier alpha value is -1.88. The summed E-state index contributed by atoms with van der Waals surface area (Å²) in [6.07, 6.45) is 1.59. The van der Waals surface area contributed by atoms with E-state index in [1.165, 1.54) is 0 Å². The molecule has 2 rings (SSSR count). The smallest absolute Gasteiger partial charge is 0.225 e. The van der Waals surface area contributed by atoms with Crippen molar-refractivity contribution in [3.8, 4) is 0 Å². The van der Waals surface area contributed by atoms with Crippen LogP contribution in [-0.2, 0) is 22.4 Å². The van der Waals surface area contributed by atoms with E-state index in [4.69, 9.17) is 11.5 Å². The van der Waals surface area contributed by atoms with Crippen LogP contribution in [0.2, 0.25) is 0 Å². The summed E-state index contributed by atoms with van der Waals surface area (Å²) in [5.74, 6) is -0.379. The van der Waals surface area contributed by atoms with Gasteiger partial charge in [0.25, 0.3) is 0 Å². The summed E-state index contributed by atoms with van der Waals surface area (Å²) in [5, 5.41) is 2.79. The molecule has 5 nitrogen and oxygen atoms in total. The Balaban J connectivity index is 2.15. The molecule has 1 atom stereocenters. The number of rotatable bonds is 4. The molecule has 1 aromatic carbocycles. The summed E-state index contributed by atoms with van der Waals surface area (Å²) in [6.45, 7) is 2.21. The number of nitrogens with one attached hydrogen (secondary N) is 1. The molecule has 2 amide bonds. The van der Waals surface area contributed by atoms with Crippen LogP contribution in [0.3, 0.4) is 0 Å². The van der Waals surface area contributed by atoms with Gasteiger partial charge in [0, 0.05) is 18.7 Å². The van der Waals surface area contributed by atoms with Crippen molar-refractivity contribution in [3.63, 3.8) is 0 Å². The van der Waals surface area contributed by atoms with Crippen molar-refractivity contribution in [2.45, 2.75) is 26.2 Å². The van der Waals surface area contributed by atoms with Crippen LogP contribution < -0.4 is 16.8 Å². The topological polar surface area (TPSA) is 98.2 Å². The molecule has 0 aromatic heterocycles. The average Bonchev–Trinajstić information content (AvgIpc) is 2.66. The maximum atomic E-state index is 11.5. The van der Waals surface area contributed by atoms with E-state index in [1.54, 1.807) is 0 Å². The number of primary amides is 1. The summed E-state index contributed by atoms with van der Waals surface area (Å²) in [6, 6.07) is 5.71. The molecule has 5 N–H and O–H groups in total. The normalized spacial score (nSPS) is 20.9. The Bertz CT molecular complexity index is 527. The zero-order valence-electron chi connectivity index (χ0n) is 11.0. The largest absolute Gasteiger partial charge is 0.369 e. The average molecular weight is 261 g/mol. The van der Waals surface area contributed by atoms with E-state index in [9.17, 15) is 9.59 Å². The van der Waals surface area contributed by atoms with Gasteiger partial charge in [-0.05, 0) is 36.1 Å². The van der Waals surface area contributed by atoms with E-state index in [1.807, 2.05) is 25.1 Å². The highest BCUT2D eigenvalue weighted by atomic mass is 16.2. The Labute approximate surface area is 112 Å². The van der Waals surface area contributed by atoms with E-state index >= 15 is 0 Å². The maximum Gasteiger partial charge on any atom is 0.225 e. The van der Waals surface area contributed by atoms with Crippen molar-refractivity contribution in [1.29, 1.82) is 0 Å². The number of anilines is 1. The highest BCUT2D eigenvalue weighted by molar-refractivity contribution is 5.91. The van der Waals surface area contributed by atoms with Gasteiger partial charge in [-0.3, -0.25) is 9.59 Å². The number of carbonyl (C=O) groups excluding carboxylic acids is 2. The van der Waals surface area contributed by atoms with E-state index < -0.39 is 5.41 Å². The molecule has 0 bridgehead atoms. The second kappa shape index (κ2) is 5.01. The van der Waals surface area contributed by atoms with Gasteiger partial charge in [0.05, 0.1) is 5.41 Å². The Morgan fingerprint density at radius 1 is 1.32 bits per heavy atom. The number of hydrogen-bond acceptors (Lipinski definition) is 3. The van der Waals surface area contributed by atoms with Gasteiger partial charge in [0.2, 0.25) is 11.8 Å². The van der Waals surface area contributed by atoms with E-state index in [0.717, 1.165) is 16.8 Å². The molecular formula is C14H19N3O2. The lowest BCUT2D eigenvalue weighted by Crippen LogP contribution is -2.34. The highest BCUT2D eigenvalue weighted by Gasteiger charge is 2.37. The first-order valence-corrected chi connectivity index (χ1v) is 6.36. The quantitative estimate of drug-likeness (QED) is 0.738. The first-order valence-electron chi connectivity index (χ1n) is 6.36. The molecule has 0 heterocycles. The number of benzene rings is 1. The number of nitrogens with two attached hydrogens (primary N) is 2. The molecule has 1 aliphatic rings. The summed E-state index contributed by atoms with van der Waals surface area (Å²) in [5.41, 5.74) is 13.2. The third-order valence-corrected chi connectivity index (χ3v) is 3.62. The highest BCUT2D eigenvalue weighted by Crippen LogP contribution is 2.37. The van der Waals surface area contributed by atoms with Crippen LogP contribution in [0.25, 0.3) is 0 Å². The first-order chi connectivity index (χ1) is 8.94. The molecular weight excluding hydrogens is 242 g/mol. The fourth-order valence-corrected chi connectivity index (χ4v) is 2.47. The van der Waals surface area contributed by atoms with E-state index in [0.29, 0.717) is 25.8 Å². The van der Waals surface area contributed by atoms with Gasteiger partial charge < -0.3 is 16.8 Å². The van der Waals surface area contributed by atoms with Gasteiger partial charge in [-0.1, -0.05) is 13.0 Å². The molecule has 0 saturated carbocycles. The van der Waals surface area contributed by atoms with Gasteiger partial charge >= 0.3 is 0 Å². The molecule has 0 saturated heterocycles. The fourth-order valence-electron chi connectivity index (χ4n) is 2.47. The first kappa shape index (κ1) is 13.5. The molecule has 102 valence electrons. The van der Waals surface area contributed by atoms with Gasteiger partial charge in [0.15, 0.2) is 0 Å². The van der Waals surface area contributed by atoms with Crippen molar-refractivity contribution >= 4 is 17.5 Å². The summed E-state index contributed by atoms with van der Waals surface area (Å²) in [7, 11) is 0. The van der Waals surface area contributed by atoms with Gasteiger partial charge in [-0.2, -0.15) is 0 Å². The Morgan fingerprint density at radius 2 is 2.00 bits per heavy atom. The maximum absolute atomic E-state index is 11.5. The number of amides is 2. The van der Waals surface area contributed by atoms with E-state index in [-0.39, 0.29) is 11.8 Å². The molecule has 0 fully saturated rings. The fraction of sp³-hybridized carbons (Fsp3) is 0.429. The molecule has 0 spiro atoms. The molecule has 0 radical (unpaired) electrons. The third-order valence-electron chi connectivity index (χ3n) is 3.62. The van der Waals surface area contributed by atoms with Crippen LogP contribution in [0, 0.1) is 5.41 Å². The molecule has 1 aromatic rings. The lowest BCUT2D eigenvalue weighted by atomic mass is 9.87. The lowest BCUT2D eigenvalue weighted by Gasteiger charge is -2.17. The van der Waals surface area contributed by atoms with Crippen molar-refractivity contribution in [1.82, 2.24) is 0 Å². The number of fused-ring (bicyclic) bond motifs is 1. The van der Waals surface area contributed by atoms with Crippen LogP contribution in [0.15, 0.2) is 18.2 Å². The zero-order valence-corrected chi connectivity index (χ0v) is 11.0. The lowest BCUT2D eigenvalue weighted by molar-refractivity contribution is -0.126. The van der Waals surface area contributed by atoms with E-state index in [2.05, 4.69) is 5.32 Å². The van der Waals surface area contributed by atoms with Crippen molar-refractivity contribution in [2.75, 3.05) is 11.9 Å². The zero-order chi connectivity index (χ0) is 14.0. The second-order valence-corrected chi connectivity index (χ2v) is 5.35. The predicted molar refractivity (Wildman–Crippen MR) is 73.5 cm³/mol. The standard InChI is InChI=1S/C14H19N3O2/c1-14(13(16)19)7-9-2-3-11(6-10(9)8-14)17-12(18)4-5-15/h2-3,6H,4-5,7-8,15H2,1H3,(H2,16,19)(H,17,18). The van der Waals surface area contributed by atoms with Crippen LogP contribution in [0.5, 0.6) is 0 Å². The number of carbonyl (C=O) groups is 2. The van der Waals surface area contributed by atoms with Crippen LogP contribution in [0.1, 0.15) is 24.5 Å². The van der Waals surface area contributed by atoms with Crippen LogP contribution in [0.4, 0.5) is 5.69 Å².